The number of nitrogens with one attached hydrogen (secondary N) is 2. The van der Waals surface area contributed by atoms with Gasteiger partial charge in [-0.25, -0.2) is 9.78 Å². The number of carboxylic acid groups (broad SMARTS) is 1. The topological polar surface area (TPSA) is 95.1 Å². The third kappa shape index (κ3) is 2.74. The van der Waals surface area contributed by atoms with E-state index in [4.69, 9.17) is 16.7 Å². The molecule has 3 N–H and O–H groups in total. The Balaban J connectivity index is 2.24. The Morgan fingerprint density at radius 1 is 1.42 bits per heavy atom. The van der Waals surface area contributed by atoms with E-state index in [-0.39, 0.29) is 16.9 Å². The molecule has 6 nitrogen and oxygen atoms in total. The number of aromatic nitrogens is 2. The van der Waals surface area contributed by atoms with Crippen molar-refractivity contribution in [2.75, 3.05) is 5.32 Å². The first kappa shape index (κ1) is 13.1. The van der Waals surface area contributed by atoms with Crippen LogP contribution in [-0.4, -0.2) is 27.0 Å². The van der Waals surface area contributed by atoms with E-state index in [2.05, 4.69) is 15.3 Å². The molecule has 0 saturated carbocycles. The van der Waals surface area contributed by atoms with Gasteiger partial charge in [0.1, 0.15) is 11.3 Å². The maximum absolute atomic E-state index is 11.9. The maximum atomic E-state index is 11.9. The highest BCUT2D eigenvalue weighted by atomic mass is 35.5. The van der Waals surface area contributed by atoms with Gasteiger partial charge in [-0.3, -0.25) is 4.79 Å². The molecule has 0 unspecified atom stereocenters. The van der Waals surface area contributed by atoms with Crippen LogP contribution in [0.5, 0.6) is 0 Å². The number of carbonyl (C=O) groups is 2. The van der Waals surface area contributed by atoms with Crippen LogP contribution in [0, 0.1) is 6.92 Å². The molecule has 0 radical (unpaired) electrons. The van der Waals surface area contributed by atoms with Gasteiger partial charge in [0.15, 0.2) is 0 Å². The second-order valence-electron chi connectivity index (χ2n) is 3.82. The molecule has 1 amide bonds. The molecule has 98 valence electrons. The van der Waals surface area contributed by atoms with Crippen molar-refractivity contribution < 1.29 is 14.7 Å². The van der Waals surface area contributed by atoms with Gasteiger partial charge in [0, 0.05) is 18.1 Å². The lowest BCUT2D eigenvalue weighted by Gasteiger charge is -2.04. The SMILES string of the molecule is Cc1[nH]cc(NC(=O)c2ccc(Cl)cn2)c1C(=O)O. The van der Waals surface area contributed by atoms with Crippen LogP contribution in [0.1, 0.15) is 26.5 Å². The van der Waals surface area contributed by atoms with E-state index in [9.17, 15) is 9.59 Å². The lowest BCUT2D eigenvalue weighted by molar-refractivity contribution is 0.0697. The largest absolute Gasteiger partial charge is 0.478 e. The molecule has 0 aromatic carbocycles. The van der Waals surface area contributed by atoms with E-state index in [1.54, 1.807) is 6.92 Å². The first-order chi connectivity index (χ1) is 8.99. The van der Waals surface area contributed by atoms with Crippen molar-refractivity contribution in [2.24, 2.45) is 0 Å². The minimum Gasteiger partial charge on any atom is -0.478 e. The van der Waals surface area contributed by atoms with Crippen molar-refractivity contribution >= 4 is 29.2 Å². The second kappa shape index (κ2) is 5.11. The molecule has 7 heteroatoms. The van der Waals surface area contributed by atoms with Crippen LogP contribution in [0.3, 0.4) is 0 Å². The standard InChI is InChI=1S/C12H10ClN3O3/c1-6-10(12(18)19)9(5-14-6)16-11(17)8-3-2-7(13)4-15-8/h2-5,14H,1H3,(H,16,17)(H,18,19). The number of carboxylic acids is 1. The highest BCUT2D eigenvalue weighted by molar-refractivity contribution is 6.30. The summed E-state index contributed by atoms with van der Waals surface area (Å²) in [4.78, 5) is 29.5. The Morgan fingerprint density at radius 2 is 2.16 bits per heavy atom. The maximum Gasteiger partial charge on any atom is 0.339 e. The molecule has 0 bridgehead atoms. The molecule has 19 heavy (non-hydrogen) atoms. The molecule has 2 aromatic rings. The minimum absolute atomic E-state index is 0.0299. The number of amides is 1. The number of aryl methyl sites for hydroxylation is 1. The smallest absolute Gasteiger partial charge is 0.339 e. The zero-order valence-electron chi connectivity index (χ0n) is 9.90. The average Bonchev–Trinajstić information content (AvgIpc) is 2.71. The zero-order chi connectivity index (χ0) is 14.0. The van der Waals surface area contributed by atoms with Crippen LogP contribution < -0.4 is 5.32 Å². The van der Waals surface area contributed by atoms with E-state index in [0.29, 0.717) is 10.7 Å². The number of H-pyrrole nitrogens is 1. The zero-order valence-corrected chi connectivity index (χ0v) is 10.7. The normalized spacial score (nSPS) is 10.2. The number of rotatable bonds is 3. The number of hydrogen-bond acceptors (Lipinski definition) is 3. The number of nitrogens with zero attached hydrogens (tertiary/aromatic N) is 1. The molecule has 0 spiro atoms. The van der Waals surface area contributed by atoms with Gasteiger partial charge >= 0.3 is 5.97 Å². The van der Waals surface area contributed by atoms with E-state index >= 15 is 0 Å². The molecule has 0 aliphatic carbocycles. The number of aromatic amines is 1. The number of halogens is 1. The summed E-state index contributed by atoms with van der Waals surface area (Å²) < 4.78 is 0. The Labute approximate surface area is 113 Å². The van der Waals surface area contributed by atoms with E-state index in [1.165, 1.54) is 24.5 Å². The van der Waals surface area contributed by atoms with Gasteiger partial charge in [-0.2, -0.15) is 0 Å². The van der Waals surface area contributed by atoms with Crippen LogP contribution in [0.25, 0.3) is 0 Å². The summed E-state index contributed by atoms with van der Waals surface area (Å²) in [6, 6.07) is 2.99. The Hall–Kier alpha value is -2.34. The van der Waals surface area contributed by atoms with Gasteiger partial charge in [0.25, 0.3) is 5.91 Å². The highest BCUT2D eigenvalue weighted by Gasteiger charge is 2.18. The minimum atomic E-state index is -1.11. The molecule has 2 heterocycles. The number of pyridine rings is 1. The number of hydrogen-bond donors (Lipinski definition) is 3. The van der Waals surface area contributed by atoms with E-state index in [1.807, 2.05) is 0 Å². The molecule has 0 saturated heterocycles. The molecule has 0 atom stereocenters. The van der Waals surface area contributed by atoms with Gasteiger partial charge < -0.3 is 15.4 Å². The summed E-state index contributed by atoms with van der Waals surface area (Å²) in [5.41, 5.74) is 0.848. The van der Waals surface area contributed by atoms with Gasteiger partial charge in [0.2, 0.25) is 0 Å². The van der Waals surface area contributed by atoms with Crippen molar-refractivity contribution in [3.8, 4) is 0 Å². The Morgan fingerprint density at radius 3 is 2.74 bits per heavy atom. The van der Waals surface area contributed by atoms with Gasteiger partial charge in [-0.15, -0.1) is 0 Å². The van der Waals surface area contributed by atoms with Crippen molar-refractivity contribution in [1.82, 2.24) is 9.97 Å². The van der Waals surface area contributed by atoms with Crippen molar-refractivity contribution in [1.29, 1.82) is 0 Å². The van der Waals surface area contributed by atoms with Crippen LogP contribution >= 0.6 is 11.6 Å². The fraction of sp³-hybridized carbons (Fsp3) is 0.0833. The summed E-state index contributed by atoms with van der Waals surface area (Å²) in [7, 11) is 0. The predicted molar refractivity (Wildman–Crippen MR) is 69.7 cm³/mol. The highest BCUT2D eigenvalue weighted by Crippen LogP contribution is 2.19. The van der Waals surface area contributed by atoms with Crippen molar-refractivity contribution in [3.63, 3.8) is 0 Å². The third-order valence-electron chi connectivity index (χ3n) is 2.50. The third-order valence-corrected chi connectivity index (χ3v) is 2.72. The molecular weight excluding hydrogens is 270 g/mol. The number of anilines is 1. The van der Waals surface area contributed by atoms with E-state index in [0.717, 1.165) is 0 Å². The lowest BCUT2D eigenvalue weighted by Crippen LogP contribution is -2.15. The fourth-order valence-electron chi connectivity index (χ4n) is 1.60. The van der Waals surface area contributed by atoms with Gasteiger partial charge in [0.05, 0.1) is 10.7 Å². The predicted octanol–water partition coefficient (Wildman–Crippen LogP) is 2.32. The molecular formula is C12H10ClN3O3. The summed E-state index contributed by atoms with van der Waals surface area (Å²) in [5, 5.41) is 12.0. The average molecular weight is 280 g/mol. The number of carbonyl (C=O) groups excluding carboxylic acids is 1. The first-order valence-corrected chi connectivity index (χ1v) is 5.71. The monoisotopic (exact) mass is 279 g/mol. The summed E-state index contributed by atoms with van der Waals surface area (Å²) in [5.74, 6) is -1.61. The Bertz CT molecular complexity index is 634. The van der Waals surface area contributed by atoms with Crippen LogP contribution in [0.2, 0.25) is 5.02 Å². The van der Waals surface area contributed by atoms with E-state index < -0.39 is 11.9 Å². The van der Waals surface area contributed by atoms with Gasteiger partial charge in [-0.05, 0) is 19.1 Å². The summed E-state index contributed by atoms with van der Waals surface area (Å²) >= 11 is 5.67. The van der Waals surface area contributed by atoms with Gasteiger partial charge in [-0.1, -0.05) is 11.6 Å². The lowest BCUT2D eigenvalue weighted by atomic mass is 10.2. The molecule has 2 aromatic heterocycles. The molecule has 2 rings (SSSR count). The molecule has 0 aliphatic rings. The van der Waals surface area contributed by atoms with Crippen LogP contribution in [-0.2, 0) is 0 Å². The Kier molecular flexibility index (Phi) is 3.52. The van der Waals surface area contributed by atoms with Crippen molar-refractivity contribution in [3.05, 3.63) is 46.5 Å². The van der Waals surface area contributed by atoms with Crippen molar-refractivity contribution in [2.45, 2.75) is 6.92 Å². The first-order valence-electron chi connectivity index (χ1n) is 5.33. The fourth-order valence-corrected chi connectivity index (χ4v) is 1.71. The number of aromatic carboxylic acids is 1. The quantitative estimate of drug-likeness (QED) is 0.803. The van der Waals surface area contributed by atoms with Crippen LogP contribution in [0.15, 0.2) is 24.5 Å². The molecule has 0 aliphatic heterocycles. The summed E-state index contributed by atoms with van der Waals surface area (Å²) in [6.45, 7) is 1.61. The summed E-state index contributed by atoms with van der Waals surface area (Å²) in [6.07, 6.45) is 2.77. The second-order valence-corrected chi connectivity index (χ2v) is 4.26. The molecule has 0 fully saturated rings. The van der Waals surface area contributed by atoms with Crippen LogP contribution in [0.4, 0.5) is 5.69 Å².